The zero-order valence-electron chi connectivity index (χ0n) is 43.5. The van der Waals surface area contributed by atoms with Gasteiger partial charge in [0.15, 0.2) is 5.69 Å². The van der Waals surface area contributed by atoms with Crippen LogP contribution in [-0.2, 0) is 34.3 Å². The highest BCUT2D eigenvalue weighted by atomic mass is 16.5. The van der Waals surface area contributed by atoms with Gasteiger partial charge in [-0.15, -0.1) is 10.2 Å². The summed E-state index contributed by atoms with van der Waals surface area (Å²) in [4.78, 5) is 52.9. The lowest BCUT2D eigenvalue weighted by Gasteiger charge is -2.28. The Balaban J connectivity index is 0.000000190. The van der Waals surface area contributed by atoms with Gasteiger partial charge in [0.2, 0.25) is 17.7 Å². The van der Waals surface area contributed by atoms with E-state index in [0.29, 0.717) is 48.8 Å². The van der Waals surface area contributed by atoms with Crippen LogP contribution in [0.4, 0.5) is 5.69 Å². The normalized spacial score (nSPS) is 20.4. The highest BCUT2D eigenvalue weighted by molar-refractivity contribution is 6.04. The number of anilines is 1. The molecule has 0 spiro atoms. The number of methoxy groups -OCH3 is 2. The molecule has 18 nitrogen and oxygen atoms in total. The molecular weight excluding hydrogens is 903 g/mol. The van der Waals surface area contributed by atoms with Crippen LogP contribution in [0.15, 0.2) is 57.7 Å². The molecule has 1 unspecified atom stereocenters. The third-order valence-corrected chi connectivity index (χ3v) is 14.6. The largest absolute Gasteiger partial charge is 0.497 e. The second-order valence-corrected chi connectivity index (χ2v) is 21.7. The van der Waals surface area contributed by atoms with Gasteiger partial charge in [0, 0.05) is 55.6 Å². The Labute approximate surface area is 415 Å². The first-order chi connectivity index (χ1) is 33.6. The summed E-state index contributed by atoms with van der Waals surface area (Å²) in [5.41, 5.74) is 11.4. The van der Waals surface area contributed by atoms with E-state index in [1.165, 1.54) is 0 Å². The Bertz CT molecular complexity index is 2960. The maximum atomic E-state index is 13.0. The summed E-state index contributed by atoms with van der Waals surface area (Å²) in [5, 5.41) is 17.8. The molecule has 18 heteroatoms. The second-order valence-electron chi connectivity index (χ2n) is 21.7. The quantitative estimate of drug-likeness (QED) is 0.125. The molecule has 2 fully saturated rings. The number of hydrogen-bond acceptors (Lipinski definition) is 11. The van der Waals surface area contributed by atoms with Gasteiger partial charge in [-0.25, -0.2) is 4.79 Å². The van der Waals surface area contributed by atoms with Crippen LogP contribution in [0.25, 0.3) is 22.6 Å². The van der Waals surface area contributed by atoms with E-state index >= 15 is 0 Å². The standard InChI is InChI=1S/C27H35N5O3.C26H36N6O4/c1-16-13-22(30-32(16)27(2,3)4)25-29-28-24(35-25)18-9-7-17(8-10-18)14-21-20-15-19(34-6)11-12-23(20)31(5)26(21)33;1-16-13-20(29-32(16)26(2,3)4)24(34)28-27-23(33)18-9-7-17(8-10-18)15-31-22-14-19(36-6)11-12-21(22)30(5)25(31)35/h11-13,15,17-18,21H,7-10,14H2,1-6H3;11-14,17-18H,7-10,15H2,1-6H3,(H,27,33)(H,28,34). The van der Waals surface area contributed by atoms with Crippen molar-refractivity contribution >= 4 is 34.4 Å². The minimum absolute atomic E-state index is 0.0510. The summed E-state index contributed by atoms with van der Waals surface area (Å²) in [7, 11) is 6.92. The Morgan fingerprint density at radius 1 is 0.732 bits per heavy atom. The van der Waals surface area contributed by atoms with Crippen LogP contribution in [0.5, 0.6) is 11.5 Å². The number of carbonyl (C=O) groups excluding carboxylic acids is 3. The molecule has 2 saturated carbocycles. The minimum atomic E-state index is -0.436. The molecule has 3 aliphatic rings. The Morgan fingerprint density at radius 3 is 1.99 bits per heavy atom. The molecule has 5 heterocycles. The lowest BCUT2D eigenvalue weighted by Crippen LogP contribution is -2.45. The number of nitrogens with zero attached hydrogens (tertiary/aromatic N) is 9. The number of ether oxygens (including phenoxy) is 2. The molecule has 6 aromatic rings. The first kappa shape index (κ1) is 50.7. The van der Waals surface area contributed by atoms with Crippen LogP contribution in [0, 0.1) is 31.6 Å². The fraction of sp³-hybridized carbons (Fsp3) is 0.547. The predicted molar refractivity (Wildman–Crippen MR) is 270 cm³/mol. The maximum Gasteiger partial charge on any atom is 0.328 e. The Hall–Kier alpha value is -6.72. The average molecular weight is 974 g/mol. The molecule has 0 saturated heterocycles. The van der Waals surface area contributed by atoms with E-state index in [2.05, 4.69) is 46.9 Å². The van der Waals surface area contributed by atoms with E-state index < -0.39 is 5.91 Å². The SMILES string of the molecule is COc1ccc2c(c1)C(CC1CCC(c3nnc(-c4cc(C)n(C(C)(C)C)n4)o3)CC1)C(=O)N2C.COc1ccc2c(c1)n(CC1CCC(C(=O)NNC(=O)c3cc(C)n(C(C)(C)C)n3)CC1)c(=O)n2C. The fourth-order valence-corrected chi connectivity index (χ4v) is 10.8. The number of rotatable bonds is 10. The highest BCUT2D eigenvalue weighted by Crippen LogP contribution is 2.46. The number of aryl methyl sites for hydroxylation is 3. The zero-order chi connectivity index (χ0) is 51.1. The smallest absolute Gasteiger partial charge is 0.328 e. The van der Waals surface area contributed by atoms with E-state index in [9.17, 15) is 19.2 Å². The van der Waals surface area contributed by atoms with Crippen LogP contribution in [0.2, 0.25) is 0 Å². The van der Waals surface area contributed by atoms with Gasteiger partial charge in [0.1, 0.15) is 17.2 Å². The molecule has 0 bridgehead atoms. The fourth-order valence-electron chi connectivity index (χ4n) is 10.8. The number of aromatic nitrogens is 8. The number of likely N-dealkylation sites (N-methyl/N-ethyl adjacent to an activating group) is 1. The highest BCUT2D eigenvalue weighted by Gasteiger charge is 2.38. The molecule has 0 radical (unpaired) electrons. The summed E-state index contributed by atoms with van der Waals surface area (Å²) in [6.45, 7) is 17.0. The number of benzene rings is 2. The van der Waals surface area contributed by atoms with E-state index in [1.807, 2.05) is 93.4 Å². The Kier molecular flexibility index (Phi) is 14.4. The molecule has 380 valence electrons. The van der Waals surface area contributed by atoms with Gasteiger partial charge in [-0.1, -0.05) is 0 Å². The third-order valence-electron chi connectivity index (χ3n) is 14.6. The number of nitrogens with one attached hydrogen (secondary N) is 2. The van der Waals surface area contributed by atoms with Crippen molar-refractivity contribution in [3.05, 3.63) is 87.6 Å². The summed E-state index contributed by atoms with van der Waals surface area (Å²) in [5.74, 6) is 3.03. The molecular formula is C53H71N11O7. The van der Waals surface area contributed by atoms with Crippen molar-refractivity contribution in [1.29, 1.82) is 0 Å². The molecule has 3 amide bonds. The molecule has 4 aromatic heterocycles. The monoisotopic (exact) mass is 974 g/mol. The third kappa shape index (κ3) is 10.7. The number of hydrogen-bond donors (Lipinski definition) is 2. The minimum Gasteiger partial charge on any atom is -0.497 e. The predicted octanol–water partition coefficient (Wildman–Crippen LogP) is 8.31. The van der Waals surface area contributed by atoms with Crippen molar-refractivity contribution in [2.24, 2.45) is 24.8 Å². The Morgan fingerprint density at radius 2 is 1.35 bits per heavy atom. The molecule has 1 atom stereocenters. The van der Waals surface area contributed by atoms with Crippen molar-refractivity contribution in [1.82, 2.24) is 49.7 Å². The van der Waals surface area contributed by atoms with Crippen molar-refractivity contribution in [2.45, 2.75) is 143 Å². The number of imidazole rings is 1. The first-order valence-electron chi connectivity index (χ1n) is 24.9. The van der Waals surface area contributed by atoms with Gasteiger partial charge >= 0.3 is 5.69 Å². The average Bonchev–Trinajstić information content (AvgIpc) is 4.18. The van der Waals surface area contributed by atoms with Gasteiger partial charge in [-0.2, -0.15) is 10.2 Å². The lowest BCUT2D eigenvalue weighted by atomic mass is 9.77. The van der Waals surface area contributed by atoms with Crippen LogP contribution in [0.1, 0.15) is 144 Å². The van der Waals surface area contributed by atoms with Gasteiger partial charge < -0.3 is 18.8 Å². The topological polar surface area (TPSA) is 198 Å². The van der Waals surface area contributed by atoms with Crippen molar-refractivity contribution in [3.63, 3.8) is 0 Å². The lowest BCUT2D eigenvalue weighted by molar-refractivity contribution is -0.127. The molecule has 9 rings (SSSR count). The number of hydrazine groups is 1. The number of amides is 3. The first-order valence-corrected chi connectivity index (χ1v) is 24.9. The van der Waals surface area contributed by atoms with Gasteiger partial charge in [-0.3, -0.25) is 43.7 Å². The van der Waals surface area contributed by atoms with Crippen molar-refractivity contribution < 1.29 is 28.3 Å². The van der Waals surface area contributed by atoms with Gasteiger partial charge in [-0.05, 0) is 173 Å². The van der Waals surface area contributed by atoms with E-state index in [4.69, 9.17) is 19.0 Å². The molecule has 71 heavy (non-hydrogen) atoms. The summed E-state index contributed by atoms with van der Waals surface area (Å²) >= 11 is 0. The van der Waals surface area contributed by atoms with Gasteiger partial charge in [0.25, 0.3) is 11.8 Å². The summed E-state index contributed by atoms with van der Waals surface area (Å²) < 4.78 is 24.1. The van der Waals surface area contributed by atoms with Crippen LogP contribution in [0.3, 0.4) is 0 Å². The summed E-state index contributed by atoms with van der Waals surface area (Å²) in [6.07, 6.45) is 8.00. The number of fused-ring (bicyclic) bond motifs is 2. The zero-order valence-corrected chi connectivity index (χ0v) is 43.5. The molecule has 2 N–H and O–H groups in total. The van der Waals surface area contributed by atoms with Crippen molar-refractivity contribution in [3.8, 4) is 23.1 Å². The number of carbonyl (C=O) groups is 3. The second kappa shape index (κ2) is 20.2. The van der Waals surface area contributed by atoms with Crippen LogP contribution < -0.4 is 30.9 Å². The van der Waals surface area contributed by atoms with Crippen molar-refractivity contribution in [2.75, 3.05) is 26.2 Å². The van der Waals surface area contributed by atoms with E-state index in [-0.39, 0.29) is 52.0 Å². The van der Waals surface area contributed by atoms with Crippen LogP contribution in [-0.4, -0.2) is 77.9 Å². The maximum absolute atomic E-state index is 13.0. The van der Waals surface area contributed by atoms with Crippen LogP contribution >= 0.6 is 0 Å². The van der Waals surface area contributed by atoms with E-state index in [0.717, 1.165) is 90.1 Å². The molecule has 2 aliphatic carbocycles. The summed E-state index contributed by atoms with van der Waals surface area (Å²) in [6, 6.07) is 15.3. The van der Waals surface area contributed by atoms with E-state index in [1.54, 1.807) is 41.5 Å². The molecule has 1 aliphatic heterocycles. The molecule has 2 aromatic carbocycles. The van der Waals surface area contributed by atoms with Gasteiger partial charge in [0.05, 0.1) is 42.2 Å².